The van der Waals surface area contributed by atoms with E-state index in [2.05, 4.69) is 17.0 Å². The summed E-state index contributed by atoms with van der Waals surface area (Å²) in [6.07, 6.45) is 1.36. The Hall–Kier alpha value is -2.08. The highest BCUT2D eigenvalue weighted by Crippen LogP contribution is 2.34. The van der Waals surface area contributed by atoms with Gasteiger partial charge in [-0.2, -0.15) is 0 Å². The molecule has 0 unspecified atom stereocenters. The minimum absolute atomic E-state index is 0. The molecule has 2 heterocycles. The van der Waals surface area contributed by atoms with Crippen molar-refractivity contribution in [1.82, 2.24) is 4.90 Å². The molecule has 2 aromatic carbocycles. The second kappa shape index (κ2) is 8.30. The lowest BCUT2D eigenvalue weighted by molar-refractivity contribution is -0.0241. The minimum Gasteiger partial charge on any atom is -0.454 e. The van der Waals surface area contributed by atoms with Gasteiger partial charge in [0.25, 0.3) is 0 Å². The number of hydrogen-bond acceptors (Lipinski definition) is 5. The first-order valence-corrected chi connectivity index (χ1v) is 9.03. The molecular formula is C21H24ClNO4. The molecule has 0 saturated carbocycles. The third-order valence-corrected chi connectivity index (χ3v) is 5.22. The van der Waals surface area contributed by atoms with Crippen molar-refractivity contribution in [2.45, 2.75) is 31.4 Å². The molecule has 2 aromatic rings. The topological polar surface area (TPSA) is 59.0 Å². The van der Waals surface area contributed by atoms with Gasteiger partial charge in [-0.25, -0.2) is 0 Å². The van der Waals surface area contributed by atoms with E-state index in [0.29, 0.717) is 29.9 Å². The molecule has 1 N–H and O–H groups in total. The molecule has 0 radical (unpaired) electrons. The average Bonchev–Trinajstić information content (AvgIpc) is 3.12. The number of Topliss-reactive ketones (excluding diaryl/α,β-unsaturated/α-hetero) is 1. The summed E-state index contributed by atoms with van der Waals surface area (Å²) in [5.74, 6) is 1.21. The molecule has 27 heavy (non-hydrogen) atoms. The summed E-state index contributed by atoms with van der Waals surface area (Å²) >= 11 is 0. The number of nitrogens with zero attached hydrogens (tertiary/aromatic N) is 1. The molecule has 144 valence electrons. The Morgan fingerprint density at radius 1 is 1.04 bits per heavy atom. The van der Waals surface area contributed by atoms with E-state index in [1.54, 1.807) is 18.2 Å². The summed E-state index contributed by atoms with van der Waals surface area (Å²) in [5.41, 5.74) is 0.907. The molecule has 0 aromatic heterocycles. The molecule has 0 aliphatic carbocycles. The third kappa shape index (κ3) is 4.61. The number of fused-ring (bicyclic) bond motifs is 1. The van der Waals surface area contributed by atoms with E-state index in [9.17, 15) is 9.90 Å². The smallest absolute Gasteiger partial charge is 0.231 e. The highest BCUT2D eigenvalue weighted by Gasteiger charge is 2.34. The van der Waals surface area contributed by atoms with Gasteiger partial charge in [0.15, 0.2) is 17.3 Å². The number of halogens is 1. The van der Waals surface area contributed by atoms with E-state index in [0.717, 1.165) is 19.6 Å². The molecule has 0 spiro atoms. The van der Waals surface area contributed by atoms with Crippen LogP contribution in [0.2, 0.25) is 0 Å². The molecule has 2 aliphatic rings. The van der Waals surface area contributed by atoms with E-state index < -0.39 is 5.60 Å². The highest BCUT2D eigenvalue weighted by molar-refractivity contribution is 5.97. The van der Waals surface area contributed by atoms with Crippen molar-refractivity contribution in [2.75, 3.05) is 19.9 Å². The predicted octanol–water partition coefficient (Wildman–Crippen LogP) is 3.44. The van der Waals surface area contributed by atoms with Crippen LogP contribution >= 0.6 is 12.4 Å². The van der Waals surface area contributed by atoms with Crippen molar-refractivity contribution in [3.8, 4) is 11.5 Å². The van der Waals surface area contributed by atoms with Crippen LogP contribution in [-0.2, 0) is 6.54 Å². The van der Waals surface area contributed by atoms with Crippen molar-refractivity contribution in [2.24, 2.45) is 0 Å². The zero-order valence-electron chi connectivity index (χ0n) is 15.1. The van der Waals surface area contributed by atoms with Gasteiger partial charge in [0.05, 0.1) is 5.60 Å². The highest BCUT2D eigenvalue weighted by atomic mass is 35.5. The summed E-state index contributed by atoms with van der Waals surface area (Å²) in [6, 6.07) is 15.5. The first-order chi connectivity index (χ1) is 12.6. The maximum absolute atomic E-state index is 12.6. The van der Waals surface area contributed by atoms with Crippen LogP contribution in [0.15, 0.2) is 48.5 Å². The van der Waals surface area contributed by atoms with Gasteiger partial charge in [0, 0.05) is 31.6 Å². The zero-order valence-corrected chi connectivity index (χ0v) is 15.9. The lowest BCUT2D eigenvalue weighted by Gasteiger charge is -2.38. The van der Waals surface area contributed by atoms with Crippen LogP contribution in [0.5, 0.6) is 11.5 Å². The van der Waals surface area contributed by atoms with E-state index in [1.165, 1.54) is 5.56 Å². The fraction of sp³-hybridized carbons (Fsp3) is 0.381. The number of hydrogen-bond donors (Lipinski definition) is 1. The molecule has 6 heteroatoms. The second-order valence-corrected chi connectivity index (χ2v) is 7.15. The van der Waals surface area contributed by atoms with E-state index in [4.69, 9.17) is 9.47 Å². The van der Waals surface area contributed by atoms with Crippen molar-refractivity contribution in [3.05, 3.63) is 59.7 Å². The van der Waals surface area contributed by atoms with Gasteiger partial charge in [0.1, 0.15) is 0 Å². The first kappa shape index (κ1) is 19.7. The fourth-order valence-corrected chi connectivity index (χ4v) is 3.62. The Balaban J connectivity index is 0.00000210. The van der Waals surface area contributed by atoms with Gasteiger partial charge >= 0.3 is 0 Å². The van der Waals surface area contributed by atoms with Gasteiger partial charge in [-0.05, 0) is 36.6 Å². The van der Waals surface area contributed by atoms with Crippen molar-refractivity contribution in [1.29, 1.82) is 0 Å². The first-order valence-electron chi connectivity index (χ1n) is 9.03. The normalized spacial score (nSPS) is 18.0. The maximum Gasteiger partial charge on any atom is 0.231 e. The predicted molar refractivity (Wildman–Crippen MR) is 105 cm³/mol. The van der Waals surface area contributed by atoms with Gasteiger partial charge in [-0.1, -0.05) is 30.3 Å². The number of aliphatic hydroxyl groups is 1. The maximum atomic E-state index is 12.6. The minimum atomic E-state index is -0.930. The fourth-order valence-electron chi connectivity index (χ4n) is 3.62. The average molecular weight is 390 g/mol. The lowest BCUT2D eigenvalue weighted by Crippen LogP contribution is -2.45. The molecule has 0 atom stereocenters. The largest absolute Gasteiger partial charge is 0.454 e. The third-order valence-electron chi connectivity index (χ3n) is 5.22. The van der Waals surface area contributed by atoms with Crippen molar-refractivity contribution < 1.29 is 19.4 Å². The Labute approximate surface area is 165 Å². The van der Waals surface area contributed by atoms with E-state index in [-0.39, 0.29) is 31.4 Å². The van der Waals surface area contributed by atoms with Crippen LogP contribution in [0.1, 0.15) is 35.2 Å². The monoisotopic (exact) mass is 389 g/mol. The summed E-state index contributed by atoms with van der Waals surface area (Å²) in [5, 5.41) is 10.9. The molecule has 1 saturated heterocycles. The van der Waals surface area contributed by atoms with Gasteiger partial charge in [0.2, 0.25) is 6.79 Å². The number of carbonyl (C=O) groups is 1. The van der Waals surface area contributed by atoms with E-state index >= 15 is 0 Å². The zero-order chi connectivity index (χ0) is 18.0. The number of likely N-dealkylation sites (tertiary alicyclic amines) is 1. The van der Waals surface area contributed by atoms with Crippen LogP contribution in [0, 0.1) is 0 Å². The van der Waals surface area contributed by atoms with Gasteiger partial charge in [-0.3, -0.25) is 9.69 Å². The standard InChI is InChI=1S/C21H23NO4.ClH/c23-18(17-6-7-19-20(12-17)26-15-25-19)13-21(24)8-10-22(11-9-21)14-16-4-2-1-3-5-16;/h1-7,12,24H,8-11,13-15H2;1H. The number of ether oxygens (including phenoxy) is 2. The number of ketones is 1. The number of rotatable bonds is 5. The summed E-state index contributed by atoms with van der Waals surface area (Å²) in [6.45, 7) is 2.65. The molecule has 0 amide bonds. The second-order valence-electron chi connectivity index (χ2n) is 7.15. The quantitative estimate of drug-likeness (QED) is 0.794. The Kier molecular flexibility index (Phi) is 6.05. The van der Waals surface area contributed by atoms with Crippen LogP contribution in [-0.4, -0.2) is 41.3 Å². The van der Waals surface area contributed by atoms with Crippen LogP contribution in [0.25, 0.3) is 0 Å². The summed E-state index contributed by atoms with van der Waals surface area (Å²) < 4.78 is 10.6. The van der Waals surface area contributed by atoms with Crippen molar-refractivity contribution >= 4 is 18.2 Å². The molecule has 4 rings (SSSR count). The van der Waals surface area contributed by atoms with Crippen LogP contribution in [0.3, 0.4) is 0 Å². The SMILES string of the molecule is Cl.O=C(CC1(O)CCN(Cc2ccccc2)CC1)c1ccc2c(c1)OCO2. The van der Waals surface area contributed by atoms with Crippen molar-refractivity contribution in [3.63, 3.8) is 0 Å². The van der Waals surface area contributed by atoms with Crippen LogP contribution < -0.4 is 9.47 Å². The Morgan fingerprint density at radius 3 is 2.48 bits per heavy atom. The molecular weight excluding hydrogens is 366 g/mol. The molecule has 1 fully saturated rings. The summed E-state index contributed by atoms with van der Waals surface area (Å²) in [7, 11) is 0. The van der Waals surface area contributed by atoms with E-state index in [1.807, 2.05) is 18.2 Å². The number of benzene rings is 2. The van der Waals surface area contributed by atoms with Gasteiger partial charge < -0.3 is 14.6 Å². The van der Waals surface area contributed by atoms with Crippen LogP contribution in [0.4, 0.5) is 0 Å². The molecule has 5 nitrogen and oxygen atoms in total. The molecule has 0 bridgehead atoms. The molecule has 2 aliphatic heterocycles. The Bertz CT molecular complexity index is 788. The lowest BCUT2D eigenvalue weighted by atomic mass is 9.85. The van der Waals surface area contributed by atoms with Gasteiger partial charge in [-0.15, -0.1) is 12.4 Å². The number of carbonyl (C=O) groups excluding carboxylic acids is 1. The number of piperidine rings is 1. The summed E-state index contributed by atoms with van der Waals surface area (Å²) in [4.78, 5) is 14.9. The Morgan fingerprint density at radius 2 is 1.74 bits per heavy atom.